The van der Waals surface area contributed by atoms with Crippen LogP contribution in [0.1, 0.15) is 45.5 Å². The molecule has 0 radical (unpaired) electrons. The predicted molar refractivity (Wildman–Crippen MR) is 81.9 cm³/mol. The molecule has 2 aliphatic rings. The maximum Gasteiger partial charge on any atom is 0.184 e. The second-order valence-corrected chi connectivity index (χ2v) is 7.58. The number of methoxy groups -OCH3 is 1. The van der Waals surface area contributed by atoms with Crippen LogP contribution in [0.3, 0.4) is 0 Å². The van der Waals surface area contributed by atoms with Crippen molar-refractivity contribution in [2.24, 2.45) is 10.8 Å². The van der Waals surface area contributed by atoms with E-state index < -0.39 is 0 Å². The molecule has 0 N–H and O–H groups in total. The predicted octanol–water partition coefficient (Wildman–Crippen LogP) is 3.94. The maximum absolute atomic E-state index is 6.33. The van der Waals surface area contributed by atoms with Crippen LogP contribution in [-0.2, 0) is 14.2 Å². The number of fused-ring (bicyclic) bond motifs is 1. The van der Waals surface area contributed by atoms with Crippen molar-refractivity contribution in [2.45, 2.75) is 52.1 Å². The van der Waals surface area contributed by atoms with E-state index in [-0.39, 0.29) is 29.3 Å². The lowest BCUT2D eigenvalue weighted by Gasteiger charge is -2.54. The monoisotopic (exact) mass is 290 g/mol. The minimum atomic E-state index is -0.275. The molecular formula is C18H26O3. The topological polar surface area (TPSA) is 27.7 Å². The van der Waals surface area contributed by atoms with Crippen molar-refractivity contribution in [2.75, 3.05) is 13.7 Å². The molecule has 0 bridgehead atoms. The fourth-order valence-corrected chi connectivity index (χ4v) is 4.18. The van der Waals surface area contributed by atoms with Crippen molar-refractivity contribution in [3.8, 4) is 0 Å². The zero-order valence-electron chi connectivity index (χ0n) is 13.5. The van der Waals surface area contributed by atoms with Crippen LogP contribution in [0.25, 0.3) is 0 Å². The lowest BCUT2D eigenvalue weighted by molar-refractivity contribution is -0.309. The van der Waals surface area contributed by atoms with Gasteiger partial charge in [-0.1, -0.05) is 51.1 Å². The van der Waals surface area contributed by atoms with Gasteiger partial charge >= 0.3 is 0 Å². The Morgan fingerprint density at radius 2 is 1.86 bits per heavy atom. The first-order chi connectivity index (χ1) is 9.93. The minimum Gasteiger partial charge on any atom is -0.379 e. The van der Waals surface area contributed by atoms with E-state index >= 15 is 0 Å². The van der Waals surface area contributed by atoms with Crippen LogP contribution in [0.15, 0.2) is 30.3 Å². The summed E-state index contributed by atoms with van der Waals surface area (Å²) in [5.41, 5.74) is 1.37. The molecule has 3 rings (SSSR count). The van der Waals surface area contributed by atoms with Crippen LogP contribution < -0.4 is 0 Å². The van der Waals surface area contributed by atoms with Gasteiger partial charge in [-0.15, -0.1) is 0 Å². The Hall–Kier alpha value is -0.900. The Balaban J connectivity index is 1.83. The summed E-state index contributed by atoms with van der Waals surface area (Å²) in [4.78, 5) is 0. The van der Waals surface area contributed by atoms with Gasteiger partial charge < -0.3 is 14.2 Å². The van der Waals surface area contributed by atoms with Crippen LogP contribution in [-0.4, -0.2) is 25.9 Å². The van der Waals surface area contributed by atoms with Crippen LogP contribution in [0.2, 0.25) is 0 Å². The Morgan fingerprint density at radius 1 is 1.14 bits per heavy atom. The SMILES string of the molecule is COC1CC(C)(C)CC2(C)COC(c3ccccc3)OC12. The summed E-state index contributed by atoms with van der Waals surface area (Å²) < 4.78 is 18.1. The van der Waals surface area contributed by atoms with E-state index in [1.807, 2.05) is 18.2 Å². The quantitative estimate of drug-likeness (QED) is 0.825. The van der Waals surface area contributed by atoms with Gasteiger partial charge in [-0.25, -0.2) is 0 Å². The maximum atomic E-state index is 6.33. The van der Waals surface area contributed by atoms with Gasteiger partial charge in [0, 0.05) is 18.1 Å². The van der Waals surface area contributed by atoms with E-state index in [0.717, 1.165) is 25.0 Å². The normalized spacial score (nSPS) is 38.8. The van der Waals surface area contributed by atoms with Crippen molar-refractivity contribution in [1.82, 2.24) is 0 Å². The third-order valence-corrected chi connectivity index (χ3v) is 4.87. The van der Waals surface area contributed by atoms with Gasteiger partial charge in [0.15, 0.2) is 6.29 Å². The van der Waals surface area contributed by atoms with Crippen LogP contribution in [0.4, 0.5) is 0 Å². The molecule has 1 aromatic rings. The van der Waals surface area contributed by atoms with Crippen molar-refractivity contribution in [3.63, 3.8) is 0 Å². The summed E-state index contributed by atoms with van der Waals surface area (Å²) >= 11 is 0. The van der Waals surface area contributed by atoms with Crippen LogP contribution >= 0.6 is 0 Å². The first kappa shape index (κ1) is 15.0. The number of hydrogen-bond donors (Lipinski definition) is 0. The summed E-state index contributed by atoms with van der Waals surface area (Å²) in [5, 5.41) is 0. The highest BCUT2D eigenvalue weighted by atomic mass is 16.7. The third kappa shape index (κ3) is 2.87. The van der Waals surface area contributed by atoms with Gasteiger partial charge in [0.25, 0.3) is 0 Å². The number of hydrogen-bond acceptors (Lipinski definition) is 3. The lowest BCUT2D eigenvalue weighted by atomic mass is 9.61. The number of benzene rings is 1. The summed E-state index contributed by atoms with van der Waals surface area (Å²) in [6, 6.07) is 10.2. The van der Waals surface area contributed by atoms with Crippen LogP contribution in [0.5, 0.6) is 0 Å². The molecule has 0 spiro atoms. The average Bonchev–Trinajstić information content (AvgIpc) is 2.45. The molecule has 2 fully saturated rings. The highest BCUT2D eigenvalue weighted by Crippen LogP contribution is 2.52. The molecule has 3 heteroatoms. The van der Waals surface area contributed by atoms with Crippen molar-refractivity contribution in [1.29, 1.82) is 0 Å². The van der Waals surface area contributed by atoms with Crippen LogP contribution in [0, 0.1) is 10.8 Å². The van der Waals surface area contributed by atoms with Gasteiger partial charge in [0.1, 0.15) is 0 Å². The molecule has 1 saturated heterocycles. The molecule has 0 amide bonds. The third-order valence-electron chi connectivity index (χ3n) is 4.87. The molecule has 1 aliphatic heterocycles. The molecule has 1 aromatic carbocycles. The van der Waals surface area contributed by atoms with Gasteiger partial charge in [0.05, 0.1) is 18.8 Å². The van der Waals surface area contributed by atoms with E-state index in [9.17, 15) is 0 Å². The molecule has 116 valence electrons. The van der Waals surface area contributed by atoms with Gasteiger partial charge in [-0.3, -0.25) is 0 Å². The van der Waals surface area contributed by atoms with Crippen molar-refractivity contribution in [3.05, 3.63) is 35.9 Å². The Morgan fingerprint density at radius 3 is 2.52 bits per heavy atom. The minimum absolute atomic E-state index is 0.0215. The largest absolute Gasteiger partial charge is 0.379 e. The zero-order chi connectivity index (χ0) is 15.1. The number of rotatable bonds is 2. The first-order valence-electron chi connectivity index (χ1n) is 7.78. The molecule has 1 saturated carbocycles. The Bertz CT molecular complexity index is 484. The highest BCUT2D eigenvalue weighted by molar-refractivity contribution is 5.17. The number of ether oxygens (including phenoxy) is 3. The molecule has 3 nitrogen and oxygen atoms in total. The van der Waals surface area contributed by atoms with Gasteiger partial charge in [0.2, 0.25) is 0 Å². The van der Waals surface area contributed by atoms with Gasteiger partial charge in [-0.05, 0) is 18.3 Å². The second-order valence-electron chi connectivity index (χ2n) is 7.58. The Kier molecular flexibility index (Phi) is 3.85. The summed E-state index contributed by atoms with van der Waals surface area (Å²) in [6.07, 6.45) is 2.09. The van der Waals surface area contributed by atoms with E-state index in [1.165, 1.54) is 0 Å². The average molecular weight is 290 g/mol. The smallest absolute Gasteiger partial charge is 0.184 e. The Labute approximate surface area is 127 Å². The molecule has 0 aromatic heterocycles. The fraction of sp³-hybridized carbons (Fsp3) is 0.667. The van der Waals surface area contributed by atoms with E-state index in [4.69, 9.17) is 14.2 Å². The molecular weight excluding hydrogens is 264 g/mol. The summed E-state index contributed by atoms with van der Waals surface area (Å²) in [5.74, 6) is 0. The summed E-state index contributed by atoms with van der Waals surface area (Å²) in [6.45, 7) is 7.61. The molecule has 4 atom stereocenters. The van der Waals surface area contributed by atoms with Crippen molar-refractivity contribution < 1.29 is 14.2 Å². The van der Waals surface area contributed by atoms with E-state index in [0.29, 0.717) is 0 Å². The standard InChI is InChI=1S/C18H26O3/c1-17(2)10-14(19-4)15-18(3,11-17)12-20-16(21-15)13-8-6-5-7-9-13/h5-9,14-16H,10-12H2,1-4H3. The van der Waals surface area contributed by atoms with Crippen molar-refractivity contribution >= 4 is 0 Å². The second kappa shape index (κ2) is 5.38. The lowest BCUT2D eigenvalue weighted by Crippen LogP contribution is -2.57. The van der Waals surface area contributed by atoms with E-state index in [2.05, 4.69) is 32.9 Å². The van der Waals surface area contributed by atoms with Gasteiger partial charge in [-0.2, -0.15) is 0 Å². The fourth-order valence-electron chi connectivity index (χ4n) is 4.18. The molecule has 1 heterocycles. The molecule has 1 aliphatic carbocycles. The first-order valence-corrected chi connectivity index (χ1v) is 7.78. The zero-order valence-corrected chi connectivity index (χ0v) is 13.5. The van der Waals surface area contributed by atoms with E-state index in [1.54, 1.807) is 7.11 Å². The molecule has 4 unspecified atom stereocenters. The summed E-state index contributed by atoms with van der Waals surface area (Å²) in [7, 11) is 1.79. The molecule has 21 heavy (non-hydrogen) atoms. The highest BCUT2D eigenvalue weighted by Gasteiger charge is 2.53.